The van der Waals surface area contributed by atoms with Gasteiger partial charge in [-0.15, -0.1) is 0 Å². The van der Waals surface area contributed by atoms with Crippen molar-refractivity contribution in [1.82, 2.24) is 10.3 Å². The summed E-state index contributed by atoms with van der Waals surface area (Å²) in [6.45, 7) is 4.05. The average molecular weight is 294 g/mol. The van der Waals surface area contributed by atoms with E-state index >= 15 is 0 Å². The van der Waals surface area contributed by atoms with Crippen LogP contribution < -0.4 is 5.32 Å². The highest BCUT2D eigenvalue weighted by atomic mass is 19.2. The van der Waals surface area contributed by atoms with Crippen LogP contribution in [0.4, 0.5) is 13.2 Å². The van der Waals surface area contributed by atoms with Gasteiger partial charge in [0.1, 0.15) is 5.82 Å². The fraction of sp³-hybridized carbons (Fsp3) is 0.312. The van der Waals surface area contributed by atoms with Gasteiger partial charge in [-0.05, 0) is 37.1 Å². The van der Waals surface area contributed by atoms with Crippen molar-refractivity contribution in [2.45, 2.75) is 26.3 Å². The third kappa shape index (κ3) is 3.42. The molecule has 2 rings (SSSR count). The molecule has 0 bridgehead atoms. The van der Waals surface area contributed by atoms with Crippen molar-refractivity contribution in [3.05, 3.63) is 64.7 Å². The van der Waals surface area contributed by atoms with Crippen LogP contribution in [0, 0.1) is 24.4 Å². The first kappa shape index (κ1) is 15.5. The van der Waals surface area contributed by atoms with Gasteiger partial charge in [-0.25, -0.2) is 13.2 Å². The van der Waals surface area contributed by atoms with Crippen LogP contribution in [-0.2, 0) is 0 Å². The van der Waals surface area contributed by atoms with E-state index in [0.29, 0.717) is 12.1 Å². The summed E-state index contributed by atoms with van der Waals surface area (Å²) in [5.74, 6) is -2.29. The molecular weight excluding hydrogens is 277 g/mol. The van der Waals surface area contributed by atoms with Crippen LogP contribution in [-0.4, -0.2) is 11.5 Å². The Labute approximate surface area is 122 Å². The Balaban J connectivity index is 2.48. The molecule has 1 N–H and O–H groups in total. The molecule has 2 aromatic rings. The highest BCUT2D eigenvalue weighted by molar-refractivity contribution is 5.34. The van der Waals surface area contributed by atoms with Crippen molar-refractivity contribution in [2.24, 2.45) is 0 Å². The average Bonchev–Trinajstić information content (AvgIpc) is 2.47. The molecule has 1 unspecified atom stereocenters. The fourth-order valence-corrected chi connectivity index (χ4v) is 2.17. The lowest BCUT2D eigenvalue weighted by Gasteiger charge is -2.20. The predicted molar refractivity (Wildman–Crippen MR) is 75.4 cm³/mol. The molecule has 0 spiro atoms. The van der Waals surface area contributed by atoms with Crippen molar-refractivity contribution in [1.29, 1.82) is 0 Å². The third-order valence-corrected chi connectivity index (χ3v) is 3.27. The smallest absolute Gasteiger partial charge is 0.164 e. The van der Waals surface area contributed by atoms with Gasteiger partial charge in [0.25, 0.3) is 0 Å². The number of hydrogen-bond acceptors (Lipinski definition) is 2. The number of rotatable bonds is 5. The van der Waals surface area contributed by atoms with Crippen LogP contribution in [0.15, 0.2) is 30.6 Å². The molecule has 1 aromatic carbocycles. The fourth-order valence-electron chi connectivity index (χ4n) is 2.17. The Kier molecular flexibility index (Phi) is 4.96. The van der Waals surface area contributed by atoms with Gasteiger partial charge in [0.05, 0.1) is 12.2 Å². The number of hydrogen-bond donors (Lipinski definition) is 1. The number of pyridine rings is 1. The molecule has 0 fully saturated rings. The van der Waals surface area contributed by atoms with Gasteiger partial charge in [0, 0.05) is 11.8 Å². The first-order valence-corrected chi connectivity index (χ1v) is 6.83. The zero-order valence-electron chi connectivity index (χ0n) is 12.0. The molecule has 0 saturated heterocycles. The van der Waals surface area contributed by atoms with E-state index < -0.39 is 23.5 Å². The van der Waals surface area contributed by atoms with Gasteiger partial charge in [0.15, 0.2) is 11.6 Å². The largest absolute Gasteiger partial charge is 0.306 e. The highest BCUT2D eigenvalue weighted by Gasteiger charge is 2.21. The SMILES string of the molecule is CCCNC(c1cncc(F)c1)c1ccc(C)c(F)c1F. The Bertz CT molecular complexity index is 629. The molecule has 1 atom stereocenters. The van der Waals surface area contributed by atoms with E-state index in [-0.39, 0.29) is 11.1 Å². The summed E-state index contributed by atoms with van der Waals surface area (Å²) in [7, 11) is 0. The summed E-state index contributed by atoms with van der Waals surface area (Å²) in [5.41, 5.74) is 0.854. The monoisotopic (exact) mass is 294 g/mol. The summed E-state index contributed by atoms with van der Waals surface area (Å²) in [6, 6.07) is 3.67. The molecule has 2 nitrogen and oxygen atoms in total. The summed E-state index contributed by atoms with van der Waals surface area (Å²) >= 11 is 0. The molecule has 0 amide bonds. The second kappa shape index (κ2) is 6.72. The first-order valence-electron chi connectivity index (χ1n) is 6.83. The minimum Gasteiger partial charge on any atom is -0.306 e. The second-order valence-corrected chi connectivity index (χ2v) is 4.92. The normalized spacial score (nSPS) is 12.4. The van der Waals surface area contributed by atoms with Crippen LogP contribution in [0.5, 0.6) is 0 Å². The Morgan fingerprint density at radius 2 is 1.90 bits per heavy atom. The molecule has 0 aliphatic carbocycles. The van der Waals surface area contributed by atoms with Crippen LogP contribution in [0.1, 0.15) is 36.1 Å². The Hall–Kier alpha value is -1.88. The molecule has 112 valence electrons. The maximum atomic E-state index is 14.2. The third-order valence-electron chi connectivity index (χ3n) is 3.27. The number of benzene rings is 1. The van der Waals surface area contributed by atoms with Gasteiger partial charge in [-0.1, -0.05) is 19.1 Å². The maximum Gasteiger partial charge on any atom is 0.164 e. The topological polar surface area (TPSA) is 24.9 Å². The Morgan fingerprint density at radius 3 is 2.57 bits per heavy atom. The minimum atomic E-state index is -0.909. The molecule has 1 heterocycles. The van der Waals surface area contributed by atoms with Crippen molar-refractivity contribution >= 4 is 0 Å². The van der Waals surface area contributed by atoms with Crippen molar-refractivity contribution in [2.75, 3.05) is 6.54 Å². The lowest BCUT2D eigenvalue weighted by molar-refractivity contribution is 0.475. The summed E-state index contributed by atoms with van der Waals surface area (Å²) in [6.07, 6.45) is 3.34. The van der Waals surface area contributed by atoms with Crippen molar-refractivity contribution in [3.63, 3.8) is 0 Å². The van der Waals surface area contributed by atoms with Gasteiger partial charge < -0.3 is 5.32 Å². The van der Waals surface area contributed by atoms with Crippen LogP contribution in [0.25, 0.3) is 0 Å². The molecule has 21 heavy (non-hydrogen) atoms. The quantitative estimate of drug-likeness (QED) is 0.904. The molecule has 5 heteroatoms. The van der Waals surface area contributed by atoms with E-state index in [0.717, 1.165) is 12.6 Å². The lowest BCUT2D eigenvalue weighted by atomic mass is 9.98. The summed E-state index contributed by atoms with van der Waals surface area (Å²) < 4.78 is 41.3. The molecule has 0 saturated carbocycles. The highest BCUT2D eigenvalue weighted by Crippen LogP contribution is 2.27. The molecule has 0 aliphatic rings. The maximum absolute atomic E-state index is 14.2. The van der Waals surface area contributed by atoms with Crippen molar-refractivity contribution < 1.29 is 13.2 Å². The minimum absolute atomic E-state index is 0.152. The number of nitrogens with zero attached hydrogens (tertiary/aromatic N) is 1. The molecular formula is C16H17F3N2. The number of halogens is 3. The second-order valence-electron chi connectivity index (χ2n) is 4.92. The van der Waals surface area contributed by atoms with Gasteiger partial charge >= 0.3 is 0 Å². The van der Waals surface area contributed by atoms with E-state index in [4.69, 9.17) is 0 Å². The number of nitrogens with one attached hydrogen (secondary N) is 1. The van der Waals surface area contributed by atoms with E-state index in [1.54, 1.807) is 0 Å². The van der Waals surface area contributed by atoms with Crippen LogP contribution in [0.2, 0.25) is 0 Å². The van der Waals surface area contributed by atoms with Crippen LogP contribution >= 0.6 is 0 Å². The molecule has 0 aliphatic heterocycles. The van der Waals surface area contributed by atoms with E-state index in [1.165, 1.54) is 31.3 Å². The molecule has 1 aromatic heterocycles. The Morgan fingerprint density at radius 1 is 1.14 bits per heavy atom. The van der Waals surface area contributed by atoms with E-state index in [1.807, 2.05) is 6.92 Å². The van der Waals surface area contributed by atoms with Gasteiger partial charge in [0.2, 0.25) is 0 Å². The van der Waals surface area contributed by atoms with E-state index in [9.17, 15) is 13.2 Å². The summed E-state index contributed by atoms with van der Waals surface area (Å²) in [5, 5.41) is 3.10. The first-order chi connectivity index (χ1) is 10.0. The molecule has 0 radical (unpaired) electrons. The number of aryl methyl sites for hydroxylation is 1. The summed E-state index contributed by atoms with van der Waals surface area (Å²) in [4.78, 5) is 3.78. The van der Waals surface area contributed by atoms with Crippen LogP contribution in [0.3, 0.4) is 0 Å². The lowest BCUT2D eigenvalue weighted by Crippen LogP contribution is -2.25. The predicted octanol–water partition coefficient (Wildman–Crippen LogP) is 3.90. The van der Waals surface area contributed by atoms with E-state index in [2.05, 4.69) is 10.3 Å². The van der Waals surface area contributed by atoms with Gasteiger partial charge in [-0.3, -0.25) is 4.98 Å². The number of aromatic nitrogens is 1. The standard InChI is InChI=1S/C16H17F3N2/c1-3-6-21-16(11-7-12(17)9-20-8-11)13-5-4-10(2)14(18)15(13)19/h4-5,7-9,16,21H,3,6H2,1-2H3. The zero-order chi connectivity index (χ0) is 15.4. The van der Waals surface area contributed by atoms with Crippen molar-refractivity contribution in [3.8, 4) is 0 Å². The van der Waals surface area contributed by atoms with Gasteiger partial charge in [-0.2, -0.15) is 0 Å². The zero-order valence-corrected chi connectivity index (χ0v) is 12.0.